The molecule has 0 atom stereocenters. The van der Waals surface area contributed by atoms with Gasteiger partial charge < -0.3 is 4.74 Å². The highest BCUT2D eigenvalue weighted by Crippen LogP contribution is 2.25. The van der Waals surface area contributed by atoms with Crippen molar-refractivity contribution in [3.63, 3.8) is 0 Å². The van der Waals surface area contributed by atoms with Crippen LogP contribution < -0.4 is 4.74 Å². The van der Waals surface area contributed by atoms with E-state index in [1.54, 1.807) is 0 Å². The van der Waals surface area contributed by atoms with Crippen LogP contribution in [0.25, 0.3) is 0 Å². The third-order valence-electron chi connectivity index (χ3n) is 6.71. The number of hydrogen-bond donors (Lipinski definition) is 0. The van der Waals surface area contributed by atoms with E-state index in [4.69, 9.17) is 4.74 Å². The molecule has 4 heterocycles. The van der Waals surface area contributed by atoms with E-state index < -0.39 is 0 Å². The van der Waals surface area contributed by atoms with Gasteiger partial charge in [0.15, 0.2) is 0 Å². The summed E-state index contributed by atoms with van der Waals surface area (Å²) in [6.45, 7) is 10.5. The van der Waals surface area contributed by atoms with E-state index in [1.165, 1.54) is 11.1 Å². The molecule has 0 aliphatic rings. The molecule has 0 radical (unpaired) electrons. The number of aromatic nitrogens is 4. The molecule has 5 aromatic rings. The minimum Gasteiger partial charge on any atom is -0.488 e. The van der Waals surface area contributed by atoms with Crippen LogP contribution in [0.1, 0.15) is 54.7 Å². The standard InChI is InChI=1S/C36H40N6O/c1-36(2,3)43-35-21-29(23-41(25-31-12-4-8-16-37-31)26-32-13-5-9-17-38-32)20-30(22-35)24-42(27-33-14-6-10-18-39-33)28-34-15-7-11-19-40-34/h4-22H,23-28H2,1-3H3. The average molecular weight is 573 g/mol. The molecule has 0 fully saturated rings. The van der Waals surface area contributed by atoms with Crippen molar-refractivity contribution in [1.82, 2.24) is 29.7 Å². The highest BCUT2D eigenvalue weighted by molar-refractivity contribution is 5.35. The van der Waals surface area contributed by atoms with Gasteiger partial charge in [-0.05, 0) is 92.6 Å². The van der Waals surface area contributed by atoms with Crippen LogP contribution in [-0.2, 0) is 39.3 Å². The maximum Gasteiger partial charge on any atom is 0.120 e. The predicted molar refractivity (Wildman–Crippen MR) is 170 cm³/mol. The van der Waals surface area contributed by atoms with Gasteiger partial charge in [-0.2, -0.15) is 0 Å². The van der Waals surface area contributed by atoms with Gasteiger partial charge in [-0.1, -0.05) is 30.3 Å². The van der Waals surface area contributed by atoms with Crippen LogP contribution in [0.4, 0.5) is 0 Å². The normalized spacial score (nSPS) is 11.7. The Morgan fingerprint density at radius 3 is 1.12 bits per heavy atom. The van der Waals surface area contributed by atoms with Crippen molar-refractivity contribution in [3.05, 3.63) is 150 Å². The lowest BCUT2D eigenvalue weighted by Gasteiger charge is -2.26. The molecule has 0 unspecified atom stereocenters. The molecule has 7 nitrogen and oxygen atoms in total. The summed E-state index contributed by atoms with van der Waals surface area (Å²) in [6.07, 6.45) is 7.40. The fraction of sp³-hybridized carbons (Fsp3) is 0.278. The predicted octanol–water partition coefficient (Wildman–Crippen LogP) is 6.85. The second kappa shape index (κ2) is 14.6. The van der Waals surface area contributed by atoms with Gasteiger partial charge in [-0.15, -0.1) is 0 Å². The number of rotatable bonds is 13. The zero-order valence-electron chi connectivity index (χ0n) is 25.3. The van der Waals surface area contributed by atoms with Crippen LogP contribution in [0, 0.1) is 0 Å². The zero-order chi connectivity index (χ0) is 29.9. The number of pyridine rings is 4. The second-order valence-electron chi connectivity index (χ2n) is 11.8. The zero-order valence-corrected chi connectivity index (χ0v) is 25.3. The first kappa shape index (κ1) is 30.0. The smallest absolute Gasteiger partial charge is 0.120 e. The Hall–Kier alpha value is -4.46. The molecular formula is C36H40N6O. The Bertz CT molecular complexity index is 1340. The molecule has 0 saturated heterocycles. The summed E-state index contributed by atoms with van der Waals surface area (Å²) in [4.78, 5) is 23.2. The van der Waals surface area contributed by atoms with Gasteiger partial charge in [0, 0.05) is 64.1 Å². The summed E-state index contributed by atoms with van der Waals surface area (Å²) >= 11 is 0. The van der Waals surface area contributed by atoms with Crippen LogP contribution in [0.2, 0.25) is 0 Å². The Balaban J connectivity index is 1.44. The molecule has 0 aliphatic carbocycles. The quantitative estimate of drug-likeness (QED) is 0.153. The van der Waals surface area contributed by atoms with Crippen molar-refractivity contribution in [3.8, 4) is 5.75 Å². The fourth-order valence-corrected chi connectivity index (χ4v) is 5.06. The summed E-state index contributed by atoms with van der Waals surface area (Å²) in [5.41, 5.74) is 6.14. The first-order valence-electron chi connectivity index (χ1n) is 14.7. The molecule has 1 aromatic carbocycles. The molecule has 7 heteroatoms. The molecule has 0 saturated carbocycles. The Kier molecular flexibility index (Phi) is 10.2. The van der Waals surface area contributed by atoms with Crippen molar-refractivity contribution in [2.45, 2.75) is 65.6 Å². The lowest BCUT2D eigenvalue weighted by atomic mass is 10.1. The highest BCUT2D eigenvalue weighted by atomic mass is 16.5. The van der Waals surface area contributed by atoms with E-state index in [0.29, 0.717) is 26.2 Å². The van der Waals surface area contributed by atoms with Gasteiger partial charge in [0.1, 0.15) is 11.4 Å². The summed E-state index contributed by atoms with van der Waals surface area (Å²) in [6, 6.07) is 30.9. The van der Waals surface area contributed by atoms with E-state index >= 15 is 0 Å². The second-order valence-corrected chi connectivity index (χ2v) is 11.8. The SMILES string of the molecule is CC(C)(C)Oc1cc(CN(Cc2ccccn2)Cc2ccccn2)cc(CN(Cc2ccccn2)Cc2ccccn2)c1. The third-order valence-corrected chi connectivity index (χ3v) is 6.71. The summed E-state index contributed by atoms with van der Waals surface area (Å²) in [5.74, 6) is 0.867. The molecule has 5 rings (SSSR count). The Morgan fingerprint density at radius 1 is 0.488 bits per heavy atom. The topological polar surface area (TPSA) is 67.3 Å². The van der Waals surface area contributed by atoms with E-state index in [9.17, 15) is 0 Å². The maximum absolute atomic E-state index is 6.43. The van der Waals surface area contributed by atoms with Gasteiger partial charge in [0.2, 0.25) is 0 Å². The van der Waals surface area contributed by atoms with Gasteiger partial charge in [-0.25, -0.2) is 0 Å². The Labute approximate surface area is 255 Å². The number of hydrogen-bond acceptors (Lipinski definition) is 7. The summed E-state index contributed by atoms with van der Waals surface area (Å²) < 4.78 is 6.43. The van der Waals surface area contributed by atoms with Crippen LogP contribution in [0.5, 0.6) is 5.75 Å². The summed E-state index contributed by atoms with van der Waals surface area (Å²) in [7, 11) is 0. The number of benzene rings is 1. The van der Waals surface area contributed by atoms with Gasteiger partial charge in [0.25, 0.3) is 0 Å². The Morgan fingerprint density at radius 2 is 0.837 bits per heavy atom. The molecule has 0 amide bonds. The molecule has 0 bridgehead atoms. The molecular weight excluding hydrogens is 532 g/mol. The van der Waals surface area contributed by atoms with Crippen molar-refractivity contribution in [1.29, 1.82) is 0 Å². The minimum absolute atomic E-state index is 0.320. The first-order valence-corrected chi connectivity index (χ1v) is 14.7. The van der Waals surface area contributed by atoms with Gasteiger partial charge in [-0.3, -0.25) is 29.7 Å². The largest absolute Gasteiger partial charge is 0.488 e. The van der Waals surface area contributed by atoms with Crippen molar-refractivity contribution in [2.24, 2.45) is 0 Å². The fourth-order valence-electron chi connectivity index (χ4n) is 5.06. The molecule has 43 heavy (non-hydrogen) atoms. The lowest BCUT2D eigenvalue weighted by molar-refractivity contribution is 0.130. The minimum atomic E-state index is -0.320. The average Bonchev–Trinajstić information content (AvgIpc) is 2.98. The van der Waals surface area contributed by atoms with Gasteiger partial charge >= 0.3 is 0 Å². The van der Waals surface area contributed by atoms with Crippen molar-refractivity contribution >= 4 is 0 Å². The molecule has 220 valence electrons. The number of ether oxygens (including phenoxy) is 1. The summed E-state index contributed by atoms with van der Waals surface area (Å²) in [5, 5.41) is 0. The van der Waals surface area contributed by atoms with Crippen LogP contribution in [-0.4, -0.2) is 35.3 Å². The van der Waals surface area contributed by atoms with E-state index in [-0.39, 0.29) is 5.60 Å². The van der Waals surface area contributed by atoms with Crippen molar-refractivity contribution < 1.29 is 4.74 Å². The first-order chi connectivity index (χ1) is 20.9. The van der Waals surface area contributed by atoms with Crippen LogP contribution >= 0.6 is 0 Å². The van der Waals surface area contributed by atoms with Crippen LogP contribution in [0.15, 0.2) is 116 Å². The number of nitrogens with zero attached hydrogens (tertiary/aromatic N) is 6. The van der Waals surface area contributed by atoms with Gasteiger partial charge in [0.05, 0.1) is 22.8 Å². The van der Waals surface area contributed by atoms with E-state index in [2.05, 4.69) is 93.0 Å². The highest BCUT2D eigenvalue weighted by Gasteiger charge is 2.17. The molecule has 4 aromatic heterocycles. The molecule has 0 N–H and O–H groups in total. The van der Waals surface area contributed by atoms with Crippen molar-refractivity contribution in [2.75, 3.05) is 0 Å². The van der Waals surface area contributed by atoms with E-state index in [0.717, 1.165) is 41.6 Å². The lowest BCUT2D eigenvalue weighted by Crippen LogP contribution is -2.26. The maximum atomic E-state index is 6.43. The monoisotopic (exact) mass is 572 g/mol. The molecule has 0 aliphatic heterocycles. The van der Waals surface area contributed by atoms with Crippen LogP contribution in [0.3, 0.4) is 0 Å². The third kappa shape index (κ3) is 10.1. The molecule has 0 spiro atoms. The van der Waals surface area contributed by atoms with E-state index in [1.807, 2.05) is 73.3 Å².